The standard InChI is InChI=1S/C21H30O/c1-20-9-8-18-17(19(20)16-5-3-13(16)12-20)6-4-14-11-15(22)7-10-21(14,18)2/h11,13,16-19H,3-10,12H2,1-2H3/t13?,16?,17-,18+,19+,20-,21+/m1/s1. The third-order valence-corrected chi connectivity index (χ3v) is 9.00. The van der Waals surface area contributed by atoms with Crippen molar-refractivity contribution >= 4 is 5.78 Å². The van der Waals surface area contributed by atoms with E-state index in [0.29, 0.717) is 16.6 Å². The molecule has 4 saturated carbocycles. The van der Waals surface area contributed by atoms with Crippen molar-refractivity contribution in [2.45, 2.75) is 71.6 Å². The van der Waals surface area contributed by atoms with Crippen LogP contribution in [-0.4, -0.2) is 5.78 Å². The molecular weight excluding hydrogens is 268 g/mol. The average molecular weight is 298 g/mol. The predicted octanol–water partition coefficient (Wildman–Crippen LogP) is 5.15. The van der Waals surface area contributed by atoms with Gasteiger partial charge in [0.2, 0.25) is 0 Å². The highest BCUT2D eigenvalue weighted by molar-refractivity contribution is 5.91. The largest absolute Gasteiger partial charge is 0.295 e. The normalized spacial score (nSPS) is 56.2. The van der Waals surface area contributed by atoms with Crippen LogP contribution in [0.4, 0.5) is 0 Å². The highest BCUT2D eigenvalue weighted by Crippen LogP contribution is 2.70. The van der Waals surface area contributed by atoms with Crippen molar-refractivity contribution in [1.29, 1.82) is 0 Å². The van der Waals surface area contributed by atoms with E-state index in [4.69, 9.17) is 0 Å². The zero-order valence-electron chi connectivity index (χ0n) is 14.2. The minimum atomic E-state index is 0.361. The molecule has 0 aromatic rings. The van der Waals surface area contributed by atoms with E-state index in [2.05, 4.69) is 13.8 Å². The molecule has 0 bridgehead atoms. The number of hydrogen-bond donors (Lipinski definition) is 0. The number of fused-ring (bicyclic) bond motifs is 7. The molecule has 5 aliphatic carbocycles. The highest BCUT2D eigenvalue weighted by atomic mass is 16.1. The summed E-state index contributed by atoms with van der Waals surface area (Å²) in [7, 11) is 0. The van der Waals surface area contributed by atoms with Crippen molar-refractivity contribution in [2.24, 2.45) is 40.4 Å². The molecule has 0 aromatic carbocycles. The fourth-order valence-electron chi connectivity index (χ4n) is 7.88. The molecule has 0 saturated heterocycles. The van der Waals surface area contributed by atoms with Crippen LogP contribution in [0.25, 0.3) is 0 Å². The molecule has 1 nitrogen and oxygen atoms in total. The van der Waals surface area contributed by atoms with E-state index in [9.17, 15) is 4.79 Å². The van der Waals surface area contributed by atoms with Gasteiger partial charge in [-0.3, -0.25) is 4.79 Å². The van der Waals surface area contributed by atoms with Gasteiger partial charge in [0.25, 0.3) is 0 Å². The molecule has 0 amide bonds. The fraction of sp³-hybridized carbons (Fsp3) is 0.857. The Balaban J connectivity index is 1.52. The molecule has 120 valence electrons. The number of allylic oxidation sites excluding steroid dienone is 1. The monoisotopic (exact) mass is 298 g/mol. The molecule has 2 unspecified atom stereocenters. The van der Waals surface area contributed by atoms with Crippen LogP contribution in [0, 0.1) is 40.4 Å². The van der Waals surface area contributed by atoms with Crippen LogP contribution in [0.5, 0.6) is 0 Å². The van der Waals surface area contributed by atoms with Gasteiger partial charge in [0, 0.05) is 6.42 Å². The van der Waals surface area contributed by atoms with E-state index in [1.807, 2.05) is 6.08 Å². The van der Waals surface area contributed by atoms with Crippen molar-refractivity contribution < 1.29 is 4.79 Å². The van der Waals surface area contributed by atoms with Gasteiger partial charge in [-0.1, -0.05) is 19.4 Å². The van der Waals surface area contributed by atoms with Crippen LogP contribution in [-0.2, 0) is 4.79 Å². The lowest BCUT2D eigenvalue weighted by molar-refractivity contribution is -0.117. The van der Waals surface area contributed by atoms with Gasteiger partial charge < -0.3 is 0 Å². The van der Waals surface area contributed by atoms with Gasteiger partial charge in [0.1, 0.15) is 0 Å². The Morgan fingerprint density at radius 2 is 1.86 bits per heavy atom. The number of rotatable bonds is 0. The van der Waals surface area contributed by atoms with Crippen LogP contribution in [0.2, 0.25) is 0 Å². The minimum absolute atomic E-state index is 0.361. The summed E-state index contributed by atoms with van der Waals surface area (Å²) in [5.74, 6) is 5.39. The Morgan fingerprint density at radius 1 is 1.00 bits per heavy atom. The summed E-state index contributed by atoms with van der Waals surface area (Å²) in [5.41, 5.74) is 2.55. The molecule has 5 aliphatic rings. The zero-order chi connectivity index (χ0) is 15.1. The predicted molar refractivity (Wildman–Crippen MR) is 88.3 cm³/mol. The summed E-state index contributed by atoms with van der Waals surface area (Å²) in [6, 6.07) is 0. The second-order valence-corrected chi connectivity index (χ2v) is 9.79. The lowest BCUT2D eigenvalue weighted by Gasteiger charge is -2.58. The third kappa shape index (κ3) is 1.59. The summed E-state index contributed by atoms with van der Waals surface area (Å²) in [5, 5.41) is 0. The van der Waals surface area contributed by atoms with Gasteiger partial charge in [-0.05, 0) is 97.9 Å². The summed E-state index contributed by atoms with van der Waals surface area (Å²) in [6.45, 7) is 5.14. The quantitative estimate of drug-likeness (QED) is 0.604. The van der Waals surface area contributed by atoms with E-state index >= 15 is 0 Å². The Hall–Kier alpha value is -0.590. The van der Waals surface area contributed by atoms with Crippen LogP contribution >= 0.6 is 0 Å². The summed E-state index contributed by atoms with van der Waals surface area (Å²) in [4.78, 5) is 11.9. The molecule has 0 radical (unpaired) electrons. The lowest BCUT2D eigenvalue weighted by atomic mass is 9.46. The number of carbonyl (C=O) groups is 1. The minimum Gasteiger partial charge on any atom is -0.295 e. The van der Waals surface area contributed by atoms with Crippen LogP contribution < -0.4 is 0 Å². The van der Waals surface area contributed by atoms with E-state index in [1.54, 1.807) is 0 Å². The second-order valence-electron chi connectivity index (χ2n) is 9.79. The van der Waals surface area contributed by atoms with Gasteiger partial charge in [-0.15, -0.1) is 0 Å². The third-order valence-electron chi connectivity index (χ3n) is 9.00. The molecule has 22 heavy (non-hydrogen) atoms. The van der Waals surface area contributed by atoms with Gasteiger partial charge in [0.15, 0.2) is 5.78 Å². The smallest absolute Gasteiger partial charge is 0.155 e. The zero-order valence-corrected chi connectivity index (χ0v) is 14.2. The molecule has 4 fully saturated rings. The number of carbonyl (C=O) groups excluding carboxylic acids is 1. The Bertz CT molecular complexity index is 560. The molecule has 0 heterocycles. The maximum absolute atomic E-state index is 11.9. The molecule has 0 spiro atoms. The van der Waals surface area contributed by atoms with Crippen molar-refractivity contribution in [3.8, 4) is 0 Å². The van der Waals surface area contributed by atoms with Crippen molar-refractivity contribution in [3.63, 3.8) is 0 Å². The van der Waals surface area contributed by atoms with Crippen molar-refractivity contribution in [3.05, 3.63) is 11.6 Å². The summed E-state index contributed by atoms with van der Waals surface area (Å²) >= 11 is 0. The van der Waals surface area contributed by atoms with E-state index in [-0.39, 0.29) is 0 Å². The number of hydrogen-bond acceptors (Lipinski definition) is 1. The number of ketones is 1. The SMILES string of the molecule is C[C@]12CC[C@H]3[C@@H](CCC4=CC(=O)CC[C@@]43C)[C@@H]1C1CCC1C2. The van der Waals surface area contributed by atoms with Crippen LogP contribution in [0.1, 0.15) is 71.6 Å². The molecule has 7 atom stereocenters. The average Bonchev–Trinajstić information content (AvgIpc) is 2.67. The first-order valence-electron chi connectivity index (χ1n) is 9.75. The topological polar surface area (TPSA) is 17.1 Å². The fourth-order valence-corrected chi connectivity index (χ4v) is 7.88. The Kier molecular flexibility index (Phi) is 2.68. The first-order chi connectivity index (χ1) is 10.5. The molecular formula is C21H30O. The molecule has 0 N–H and O–H groups in total. The van der Waals surface area contributed by atoms with Gasteiger partial charge in [-0.2, -0.15) is 0 Å². The van der Waals surface area contributed by atoms with Gasteiger partial charge in [-0.25, -0.2) is 0 Å². The molecule has 5 rings (SSSR count). The van der Waals surface area contributed by atoms with Crippen LogP contribution in [0.3, 0.4) is 0 Å². The molecule has 0 aromatic heterocycles. The Morgan fingerprint density at radius 3 is 2.64 bits per heavy atom. The molecule has 1 heteroatoms. The summed E-state index contributed by atoms with van der Waals surface area (Å²) in [6.07, 6.45) is 14.0. The van der Waals surface area contributed by atoms with E-state index in [0.717, 1.165) is 42.4 Å². The molecule has 0 aliphatic heterocycles. The highest BCUT2D eigenvalue weighted by Gasteiger charge is 2.62. The van der Waals surface area contributed by atoms with Gasteiger partial charge in [0.05, 0.1) is 0 Å². The van der Waals surface area contributed by atoms with E-state index < -0.39 is 0 Å². The van der Waals surface area contributed by atoms with Crippen molar-refractivity contribution in [2.75, 3.05) is 0 Å². The first-order valence-corrected chi connectivity index (χ1v) is 9.75. The maximum Gasteiger partial charge on any atom is 0.155 e. The van der Waals surface area contributed by atoms with Crippen LogP contribution in [0.15, 0.2) is 11.6 Å². The van der Waals surface area contributed by atoms with Gasteiger partial charge >= 0.3 is 0 Å². The van der Waals surface area contributed by atoms with Crippen molar-refractivity contribution in [1.82, 2.24) is 0 Å². The first kappa shape index (κ1) is 13.8. The second kappa shape index (κ2) is 4.28. The Labute approximate surface area is 134 Å². The summed E-state index contributed by atoms with van der Waals surface area (Å²) < 4.78 is 0. The van der Waals surface area contributed by atoms with E-state index in [1.165, 1.54) is 50.5 Å². The maximum atomic E-state index is 11.9. The lowest BCUT2D eigenvalue weighted by Crippen LogP contribution is -2.51.